The summed E-state index contributed by atoms with van der Waals surface area (Å²) in [5, 5.41) is 16.1. The first-order chi connectivity index (χ1) is 7.68. The van der Waals surface area contributed by atoms with Gasteiger partial charge in [-0.3, -0.25) is 5.10 Å². The highest BCUT2D eigenvalue weighted by Crippen LogP contribution is 2.22. The molecular weight excluding hydrogens is 209 g/mol. The highest BCUT2D eigenvalue weighted by Gasteiger charge is 2.15. The Morgan fingerprint density at radius 2 is 2.19 bits per heavy atom. The molecule has 1 unspecified atom stereocenters. The van der Waals surface area contributed by atoms with Gasteiger partial charge in [0.15, 0.2) is 0 Å². The maximum absolute atomic E-state index is 13.3. The molecular formula is C11H12FN3O. The van der Waals surface area contributed by atoms with Gasteiger partial charge in [0.25, 0.3) is 0 Å². The molecule has 0 aliphatic rings. The summed E-state index contributed by atoms with van der Waals surface area (Å²) >= 11 is 0. The summed E-state index contributed by atoms with van der Waals surface area (Å²) in [6.07, 6.45) is 0.771. The molecule has 0 saturated carbocycles. The first kappa shape index (κ1) is 10.6. The van der Waals surface area contributed by atoms with Crippen molar-refractivity contribution < 1.29 is 9.50 Å². The minimum Gasteiger partial charge on any atom is -0.388 e. The molecule has 4 nitrogen and oxygen atoms in total. The van der Waals surface area contributed by atoms with Crippen LogP contribution in [0.2, 0.25) is 0 Å². The zero-order chi connectivity index (χ0) is 11.5. The normalized spacial score (nSPS) is 12.6. The monoisotopic (exact) mass is 221 g/mol. The Hall–Kier alpha value is -1.88. The highest BCUT2D eigenvalue weighted by atomic mass is 19.1. The Bertz CT molecular complexity index is 484. The number of halogens is 1. The molecule has 0 saturated heterocycles. The van der Waals surface area contributed by atoms with Crippen LogP contribution in [-0.4, -0.2) is 15.3 Å². The number of aromatic nitrogens is 2. The summed E-state index contributed by atoms with van der Waals surface area (Å²) in [4.78, 5) is 0. The molecule has 5 heteroatoms. The fourth-order valence-corrected chi connectivity index (χ4v) is 1.55. The average Bonchev–Trinajstić information content (AvgIpc) is 2.68. The Labute approximate surface area is 91.9 Å². The van der Waals surface area contributed by atoms with Gasteiger partial charge >= 0.3 is 0 Å². The topological polar surface area (TPSA) is 74.9 Å². The van der Waals surface area contributed by atoms with Crippen molar-refractivity contribution in [3.63, 3.8) is 0 Å². The van der Waals surface area contributed by atoms with Crippen LogP contribution in [0.25, 0.3) is 0 Å². The van der Waals surface area contributed by atoms with Gasteiger partial charge in [-0.05, 0) is 11.6 Å². The second kappa shape index (κ2) is 4.32. The number of aromatic amines is 1. The zero-order valence-electron chi connectivity index (χ0n) is 8.52. The van der Waals surface area contributed by atoms with E-state index in [0.29, 0.717) is 16.9 Å². The maximum Gasteiger partial charge on any atom is 0.126 e. The number of hydrogen-bond donors (Lipinski definition) is 3. The van der Waals surface area contributed by atoms with Gasteiger partial charge in [-0.15, -0.1) is 0 Å². The molecule has 1 atom stereocenters. The number of anilines is 1. The van der Waals surface area contributed by atoms with E-state index in [1.54, 1.807) is 18.2 Å². The lowest BCUT2D eigenvalue weighted by atomic mass is 10.0. The predicted molar refractivity (Wildman–Crippen MR) is 58.1 cm³/mol. The molecule has 2 rings (SSSR count). The third kappa shape index (κ3) is 2.04. The Morgan fingerprint density at radius 3 is 2.81 bits per heavy atom. The van der Waals surface area contributed by atoms with Gasteiger partial charge in [-0.1, -0.05) is 18.2 Å². The van der Waals surface area contributed by atoms with E-state index in [4.69, 9.17) is 5.73 Å². The number of rotatable bonds is 3. The summed E-state index contributed by atoms with van der Waals surface area (Å²) in [5.41, 5.74) is 6.50. The lowest BCUT2D eigenvalue weighted by molar-refractivity contribution is 0.178. The van der Waals surface area contributed by atoms with Crippen LogP contribution in [0.15, 0.2) is 30.5 Å². The molecule has 0 aliphatic carbocycles. The van der Waals surface area contributed by atoms with Crippen LogP contribution in [0, 0.1) is 5.82 Å². The lowest BCUT2D eigenvalue weighted by Crippen LogP contribution is -2.05. The molecule has 0 spiro atoms. The molecule has 84 valence electrons. The first-order valence-electron chi connectivity index (χ1n) is 4.88. The second-order valence-electron chi connectivity index (χ2n) is 3.55. The van der Waals surface area contributed by atoms with E-state index in [-0.39, 0.29) is 12.2 Å². The Morgan fingerprint density at radius 1 is 1.44 bits per heavy atom. The second-order valence-corrected chi connectivity index (χ2v) is 3.55. The van der Waals surface area contributed by atoms with Crippen molar-refractivity contribution in [2.75, 3.05) is 5.73 Å². The van der Waals surface area contributed by atoms with E-state index in [0.717, 1.165) is 0 Å². The highest BCUT2D eigenvalue weighted by molar-refractivity contribution is 5.39. The minimum absolute atomic E-state index is 0.177. The van der Waals surface area contributed by atoms with Crippen LogP contribution >= 0.6 is 0 Å². The van der Waals surface area contributed by atoms with Crippen molar-refractivity contribution in [1.82, 2.24) is 10.2 Å². The number of aliphatic hydroxyl groups excluding tert-OH is 1. The minimum atomic E-state index is -0.851. The quantitative estimate of drug-likeness (QED) is 0.733. The van der Waals surface area contributed by atoms with Crippen LogP contribution in [0.4, 0.5) is 10.2 Å². The summed E-state index contributed by atoms with van der Waals surface area (Å²) in [7, 11) is 0. The molecule has 0 fully saturated rings. The largest absolute Gasteiger partial charge is 0.388 e. The van der Waals surface area contributed by atoms with Gasteiger partial charge in [0.1, 0.15) is 11.6 Å². The van der Waals surface area contributed by atoms with Gasteiger partial charge < -0.3 is 10.8 Å². The third-order valence-corrected chi connectivity index (χ3v) is 2.43. The number of H-pyrrole nitrogens is 1. The molecule has 0 aliphatic heterocycles. The third-order valence-electron chi connectivity index (χ3n) is 2.43. The van der Waals surface area contributed by atoms with Crippen molar-refractivity contribution >= 4 is 5.82 Å². The van der Waals surface area contributed by atoms with Crippen molar-refractivity contribution in [2.24, 2.45) is 0 Å². The van der Waals surface area contributed by atoms with Crippen molar-refractivity contribution in [1.29, 1.82) is 0 Å². The standard InChI is InChI=1S/C11H12FN3O/c12-9-4-2-1-3-7(9)5-10(16)8-6-14-15-11(8)13/h1-4,6,10,16H,5H2,(H3,13,14,15). The Kier molecular flexibility index (Phi) is 2.87. The molecule has 2 aromatic rings. The van der Waals surface area contributed by atoms with E-state index in [9.17, 15) is 9.50 Å². The molecule has 4 N–H and O–H groups in total. The molecule has 0 amide bonds. The van der Waals surface area contributed by atoms with Crippen LogP contribution in [0.5, 0.6) is 0 Å². The van der Waals surface area contributed by atoms with Gasteiger partial charge in [0, 0.05) is 12.0 Å². The average molecular weight is 221 g/mol. The maximum atomic E-state index is 13.3. The van der Waals surface area contributed by atoms with Gasteiger partial charge in [-0.25, -0.2) is 4.39 Å². The van der Waals surface area contributed by atoms with Crippen LogP contribution in [0.1, 0.15) is 17.2 Å². The van der Waals surface area contributed by atoms with E-state index in [1.807, 2.05) is 0 Å². The van der Waals surface area contributed by atoms with Gasteiger partial charge in [0.05, 0.1) is 12.3 Å². The van der Waals surface area contributed by atoms with Crippen molar-refractivity contribution in [2.45, 2.75) is 12.5 Å². The number of nitrogens with one attached hydrogen (secondary N) is 1. The number of hydrogen-bond acceptors (Lipinski definition) is 3. The van der Waals surface area contributed by atoms with E-state index >= 15 is 0 Å². The molecule has 0 bridgehead atoms. The molecule has 1 heterocycles. The van der Waals surface area contributed by atoms with Crippen molar-refractivity contribution in [3.05, 3.63) is 47.4 Å². The summed E-state index contributed by atoms with van der Waals surface area (Å²) in [6.45, 7) is 0. The van der Waals surface area contributed by atoms with E-state index in [1.165, 1.54) is 12.3 Å². The van der Waals surface area contributed by atoms with E-state index in [2.05, 4.69) is 10.2 Å². The predicted octanol–water partition coefficient (Wildman–Crippen LogP) is 1.41. The first-order valence-corrected chi connectivity index (χ1v) is 4.88. The van der Waals surface area contributed by atoms with Gasteiger partial charge in [-0.2, -0.15) is 5.10 Å². The smallest absolute Gasteiger partial charge is 0.126 e. The summed E-state index contributed by atoms with van der Waals surface area (Å²) in [5.74, 6) is -0.0209. The molecule has 16 heavy (non-hydrogen) atoms. The number of nitrogens with two attached hydrogens (primary N) is 1. The number of nitrogens with zero attached hydrogens (tertiary/aromatic N) is 1. The molecule has 1 aromatic carbocycles. The molecule has 0 radical (unpaired) electrons. The fourth-order valence-electron chi connectivity index (χ4n) is 1.55. The van der Waals surface area contributed by atoms with Crippen LogP contribution < -0.4 is 5.73 Å². The SMILES string of the molecule is Nc1[nH]ncc1C(O)Cc1ccccc1F. The molecule has 1 aromatic heterocycles. The van der Waals surface area contributed by atoms with Crippen LogP contribution in [0.3, 0.4) is 0 Å². The van der Waals surface area contributed by atoms with Gasteiger partial charge in [0.2, 0.25) is 0 Å². The fraction of sp³-hybridized carbons (Fsp3) is 0.182. The van der Waals surface area contributed by atoms with E-state index < -0.39 is 6.10 Å². The lowest BCUT2D eigenvalue weighted by Gasteiger charge is -2.09. The van der Waals surface area contributed by atoms with Crippen LogP contribution in [-0.2, 0) is 6.42 Å². The summed E-state index contributed by atoms with van der Waals surface area (Å²) in [6, 6.07) is 6.33. The number of benzene rings is 1. The number of aliphatic hydroxyl groups is 1. The van der Waals surface area contributed by atoms with Crippen molar-refractivity contribution in [3.8, 4) is 0 Å². The summed E-state index contributed by atoms with van der Waals surface area (Å²) < 4.78 is 13.3. The number of nitrogen functional groups attached to an aromatic ring is 1. The Balaban J connectivity index is 2.17. The zero-order valence-corrected chi connectivity index (χ0v) is 8.52.